The van der Waals surface area contributed by atoms with E-state index < -0.39 is 5.82 Å². The summed E-state index contributed by atoms with van der Waals surface area (Å²) in [4.78, 5) is 25.5. The quantitative estimate of drug-likeness (QED) is 0.446. The van der Waals surface area contributed by atoms with Crippen LogP contribution in [0.15, 0.2) is 12.1 Å². The zero-order chi connectivity index (χ0) is 20.1. The summed E-state index contributed by atoms with van der Waals surface area (Å²) in [7, 11) is 0. The van der Waals surface area contributed by atoms with Gasteiger partial charge in [-0.2, -0.15) is 4.90 Å². The Balaban J connectivity index is 1.74. The number of quaternary nitrogens is 1. The molecule has 2 atom stereocenters. The smallest absolute Gasteiger partial charge is 0.328 e. The molecule has 0 radical (unpaired) electrons. The van der Waals surface area contributed by atoms with E-state index in [0.29, 0.717) is 26.1 Å². The zero-order valence-electron chi connectivity index (χ0n) is 15.9. The molecule has 2 aliphatic rings. The molecule has 1 aliphatic carbocycles. The maximum Gasteiger partial charge on any atom is 0.328 e. The first-order chi connectivity index (χ1) is 13.5. The van der Waals surface area contributed by atoms with Gasteiger partial charge in [0, 0.05) is 18.7 Å². The van der Waals surface area contributed by atoms with Crippen LogP contribution in [0.5, 0.6) is 5.75 Å². The minimum atomic E-state index is -0.688. The molecule has 1 heterocycles. The Hall–Kier alpha value is -1.94. The van der Waals surface area contributed by atoms with E-state index in [1.54, 1.807) is 0 Å². The lowest BCUT2D eigenvalue weighted by atomic mass is 9.81. The van der Waals surface area contributed by atoms with Gasteiger partial charge in [-0.15, -0.1) is 0 Å². The van der Waals surface area contributed by atoms with E-state index >= 15 is 0 Å². The predicted molar refractivity (Wildman–Crippen MR) is 102 cm³/mol. The Morgan fingerprint density at radius 3 is 2.43 bits per heavy atom. The molecule has 1 aromatic carbocycles. The van der Waals surface area contributed by atoms with Crippen molar-refractivity contribution in [1.29, 1.82) is 0 Å². The highest BCUT2D eigenvalue weighted by Crippen LogP contribution is 2.35. The Labute approximate surface area is 169 Å². The van der Waals surface area contributed by atoms with Gasteiger partial charge in [0.2, 0.25) is 0 Å². The van der Waals surface area contributed by atoms with Crippen molar-refractivity contribution in [1.82, 2.24) is 0 Å². The van der Waals surface area contributed by atoms with Crippen LogP contribution in [0, 0.1) is 29.5 Å². The summed E-state index contributed by atoms with van der Waals surface area (Å²) in [6.45, 7) is 3.01. The predicted octanol–water partition coefficient (Wildman–Crippen LogP) is 2.68. The van der Waals surface area contributed by atoms with Crippen molar-refractivity contribution in [3.63, 3.8) is 0 Å². The summed E-state index contributed by atoms with van der Waals surface area (Å²) in [5.41, 5.74) is -0.0250. The molecule has 0 aromatic heterocycles. The van der Waals surface area contributed by atoms with Gasteiger partial charge in [0.1, 0.15) is 19.0 Å². The van der Waals surface area contributed by atoms with Crippen LogP contribution in [-0.4, -0.2) is 31.6 Å². The largest absolute Gasteiger partial charge is 0.479 e. The van der Waals surface area contributed by atoms with Crippen molar-refractivity contribution < 1.29 is 28.4 Å². The van der Waals surface area contributed by atoms with Crippen LogP contribution in [0.2, 0.25) is 5.02 Å². The average molecular weight is 409 g/mol. The van der Waals surface area contributed by atoms with E-state index in [2.05, 4.69) is 11.8 Å². The third kappa shape index (κ3) is 4.38. The van der Waals surface area contributed by atoms with Gasteiger partial charge in [-0.25, -0.2) is 14.0 Å². The SMILES string of the molecule is CCCOCC#CCOc1cc([NH+]2C(=O)C3CCCCC3C2=O)c(F)cc1Cl. The molecule has 0 spiro atoms. The number of benzene rings is 1. The Morgan fingerprint density at radius 2 is 1.79 bits per heavy atom. The second kappa shape index (κ2) is 9.51. The van der Waals surface area contributed by atoms with Gasteiger partial charge in [-0.05, 0) is 19.3 Å². The summed E-state index contributed by atoms with van der Waals surface area (Å²) < 4.78 is 25.3. The lowest BCUT2D eigenvalue weighted by Gasteiger charge is -2.17. The van der Waals surface area contributed by atoms with E-state index in [1.165, 1.54) is 6.07 Å². The Kier molecular flexibility index (Phi) is 7.06. The van der Waals surface area contributed by atoms with Gasteiger partial charge >= 0.3 is 11.8 Å². The van der Waals surface area contributed by atoms with Crippen molar-refractivity contribution in [2.75, 3.05) is 19.8 Å². The molecular weight excluding hydrogens is 385 g/mol. The highest BCUT2D eigenvalue weighted by atomic mass is 35.5. The summed E-state index contributed by atoms with van der Waals surface area (Å²) in [5.74, 6) is 3.97. The average Bonchev–Trinajstić information content (AvgIpc) is 2.94. The Morgan fingerprint density at radius 1 is 1.14 bits per heavy atom. The van der Waals surface area contributed by atoms with Crippen LogP contribution >= 0.6 is 11.6 Å². The number of ether oxygens (including phenoxy) is 2. The van der Waals surface area contributed by atoms with Gasteiger partial charge in [-0.3, -0.25) is 0 Å². The standard InChI is InChI=1S/C21H23ClFNO4/c1-2-9-27-10-5-6-11-28-19-13-18(17(23)12-16(19)22)24-20(25)14-7-3-4-8-15(14)21(24)26/h12-15H,2-4,7-11H2,1H3/p+1. The molecule has 28 heavy (non-hydrogen) atoms. The Bertz CT molecular complexity index is 793. The first-order valence-corrected chi connectivity index (χ1v) is 10.0. The number of rotatable bonds is 6. The van der Waals surface area contributed by atoms with E-state index in [-0.39, 0.29) is 51.6 Å². The number of nitrogens with one attached hydrogen (secondary N) is 1. The third-order valence-electron chi connectivity index (χ3n) is 5.17. The number of hydrogen-bond acceptors (Lipinski definition) is 4. The molecule has 7 heteroatoms. The first-order valence-electron chi connectivity index (χ1n) is 9.65. The molecule has 1 N–H and O–H groups in total. The van der Waals surface area contributed by atoms with E-state index in [9.17, 15) is 14.0 Å². The number of halogens is 2. The normalized spacial score (nSPS) is 23.9. The van der Waals surface area contributed by atoms with Gasteiger partial charge in [0.25, 0.3) is 0 Å². The third-order valence-corrected chi connectivity index (χ3v) is 5.47. The minimum absolute atomic E-state index is 0.0250. The lowest BCUT2D eigenvalue weighted by molar-refractivity contribution is -0.660. The fourth-order valence-corrected chi connectivity index (χ4v) is 4.04. The molecule has 150 valence electrons. The second-order valence-electron chi connectivity index (χ2n) is 7.06. The number of amides is 2. The van der Waals surface area contributed by atoms with E-state index in [4.69, 9.17) is 21.1 Å². The van der Waals surface area contributed by atoms with Crippen LogP contribution < -0.4 is 9.64 Å². The molecule has 0 bridgehead atoms. The van der Waals surface area contributed by atoms with Crippen molar-refractivity contribution >= 4 is 29.1 Å². The minimum Gasteiger partial charge on any atom is -0.479 e. The summed E-state index contributed by atoms with van der Waals surface area (Å²) in [6, 6.07) is 2.43. The molecule has 1 saturated heterocycles. The molecule has 1 saturated carbocycles. The first kappa shape index (κ1) is 20.8. The molecule has 1 aliphatic heterocycles. The van der Waals surface area contributed by atoms with Crippen LogP contribution in [0.3, 0.4) is 0 Å². The van der Waals surface area contributed by atoms with Crippen molar-refractivity contribution in [2.45, 2.75) is 39.0 Å². The lowest BCUT2D eigenvalue weighted by Crippen LogP contribution is -3.11. The van der Waals surface area contributed by atoms with Crippen LogP contribution in [-0.2, 0) is 14.3 Å². The van der Waals surface area contributed by atoms with Gasteiger partial charge in [0.15, 0.2) is 11.5 Å². The maximum atomic E-state index is 14.6. The summed E-state index contributed by atoms with van der Waals surface area (Å²) >= 11 is 6.07. The van der Waals surface area contributed by atoms with E-state index in [0.717, 1.165) is 25.3 Å². The van der Waals surface area contributed by atoms with Gasteiger partial charge in [-0.1, -0.05) is 43.2 Å². The van der Waals surface area contributed by atoms with Crippen LogP contribution in [0.25, 0.3) is 0 Å². The van der Waals surface area contributed by atoms with Crippen LogP contribution in [0.1, 0.15) is 39.0 Å². The second-order valence-corrected chi connectivity index (χ2v) is 7.47. The molecule has 2 unspecified atom stereocenters. The molecule has 1 aromatic rings. The van der Waals surface area contributed by atoms with Crippen molar-refractivity contribution in [3.05, 3.63) is 23.0 Å². The molecule has 3 rings (SSSR count). The molecule has 2 fully saturated rings. The maximum absolute atomic E-state index is 14.6. The molecule has 2 amide bonds. The molecular formula is C21H24ClFNO4+. The van der Waals surface area contributed by atoms with E-state index in [1.807, 2.05) is 6.92 Å². The number of fused-ring (bicyclic) bond motifs is 1. The zero-order valence-corrected chi connectivity index (χ0v) is 16.6. The topological polar surface area (TPSA) is 57.0 Å². The fraction of sp³-hybridized carbons (Fsp3) is 0.524. The monoisotopic (exact) mass is 408 g/mol. The van der Waals surface area contributed by atoms with Crippen molar-refractivity contribution in [2.24, 2.45) is 11.8 Å². The molecule has 5 nitrogen and oxygen atoms in total. The van der Waals surface area contributed by atoms with Gasteiger partial charge < -0.3 is 9.47 Å². The van der Waals surface area contributed by atoms with Gasteiger partial charge in [0.05, 0.1) is 16.9 Å². The number of carbonyl (C=O) groups excluding carboxylic acids is 2. The number of imide groups is 1. The summed E-state index contributed by atoms with van der Waals surface area (Å²) in [6.07, 6.45) is 4.14. The fourth-order valence-electron chi connectivity index (χ4n) is 3.83. The number of hydrogen-bond donors (Lipinski definition) is 1. The van der Waals surface area contributed by atoms with Crippen LogP contribution in [0.4, 0.5) is 10.1 Å². The highest BCUT2D eigenvalue weighted by molar-refractivity contribution is 6.32. The van der Waals surface area contributed by atoms with Crippen molar-refractivity contribution in [3.8, 4) is 17.6 Å². The summed E-state index contributed by atoms with van der Waals surface area (Å²) in [5, 5.41) is 0.0706. The number of carbonyl (C=O) groups is 2. The highest BCUT2D eigenvalue weighted by Gasteiger charge is 2.55.